The summed E-state index contributed by atoms with van der Waals surface area (Å²) in [7, 11) is 0. The number of ether oxygens (including phenoxy) is 1. The van der Waals surface area contributed by atoms with Crippen LogP contribution in [0.1, 0.15) is 49.4 Å². The zero-order valence-electron chi connectivity index (χ0n) is 17.3. The largest absolute Gasteiger partial charge is 0.633 e. The van der Waals surface area contributed by atoms with Gasteiger partial charge in [-0.15, -0.1) is 0 Å². The predicted octanol–water partition coefficient (Wildman–Crippen LogP) is 3.14. The summed E-state index contributed by atoms with van der Waals surface area (Å²) in [5.41, 5.74) is 5.42. The molecular weight excluding hydrogens is 388 g/mol. The lowest BCUT2D eigenvalue weighted by Gasteiger charge is -2.49. The van der Waals surface area contributed by atoms with Crippen LogP contribution < -0.4 is 15.8 Å². The van der Waals surface area contributed by atoms with Crippen molar-refractivity contribution in [1.82, 2.24) is 5.32 Å². The summed E-state index contributed by atoms with van der Waals surface area (Å²) in [5.74, 6) is 0.200. The summed E-state index contributed by atoms with van der Waals surface area (Å²) in [4.78, 5) is 23.4. The van der Waals surface area contributed by atoms with Gasteiger partial charge in [-0.1, -0.05) is 12.2 Å². The van der Waals surface area contributed by atoms with Gasteiger partial charge in [0.05, 0.1) is 36.7 Å². The highest BCUT2D eigenvalue weighted by Gasteiger charge is 2.31. The topological polar surface area (TPSA) is 131 Å². The predicted molar refractivity (Wildman–Crippen MR) is 114 cm³/mol. The molecule has 1 saturated heterocycles. The van der Waals surface area contributed by atoms with E-state index in [2.05, 4.69) is 17.5 Å². The number of likely N-dealkylation sites (tertiary alicyclic amines) is 1. The van der Waals surface area contributed by atoms with Gasteiger partial charge in [0.25, 0.3) is 11.6 Å². The SMILES string of the molecule is CCOc1cc(N)c([N+](=O)[O-])cc1C(=O)NC1CC[N+]([O-])(CC2CC=CCC2)CC1. The van der Waals surface area contributed by atoms with Gasteiger partial charge in [-0.05, 0) is 26.2 Å². The third kappa shape index (κ3) is 5.28. The lowest BCUT2D eigenvalue weighted by molar-refractivity contribution is -0.889. The van der Waals surface area contributed by atoms with Crippen molar-refractivity contribution in [3.63, 3.8) is 0 Å². The van der Waals surface area contributed by atoms with E-state index in [4.69, 9.17) is 10.5 Å². The molecular formula is C21H30N4O5. The molecule has 3 rings (SSSR count). The number of amides is 1. The number of nitro benzene ring substituents is 1. The molecule has 0 saturated carbocycles. The number of rotatable bonds is 7. The summed E-state index contributed by atoms with van der Waals surface area (Å²) < 4.78 is 5.25. The molecule has 3 N–H and O–H groups in total. The smallest absolute Gasteiger partial charge is 0.293 e. The van der Waals surface area contributed by atoms with E-state index in [-0.39, 0.29) is 33.4 Å². The number of hydrogen-bond acceptors (Lipinski definition) is 6. The number of nitrogens with one attached hydrogen (secondary N) is 1. The minimum Gasteiger partial charge on any atom is -0.633 e. The molecule has 1 amide bonds. The Morgan fingerprint density at radius 3 is 2.63 bits per heavy atom. The van der Waals surface area contributed by atoms with Gasteiger partial charge in [0.1, 0.15) is 11.4 Å². The average Bonchev–Trinajstić information content (AvgIpc) is 2.70. The fourth-order valence-electron chi connectivity index (χ4n) is 4.32. The molecule has 1 aliphatic carbocycles. The molecule has 9 heteroatoms. The first-order valence-corrected chi connectivity index (χ1v) is 10.5. The quantitative estimate of drug-likeness (QED) is 0.175. The zero-order valence-corrected chi connectivity index (χ0v) is 17.3. The number of nitrogens with two attached hydrogens (primary N) is 1. The molecule has 2 aliphatic rings. The number of benzene rings is 1. The second kappa shape index (κ2) is 9.44. The molecule has 0 bridgehead atoms. The fraction of sp³-hybridized carbons (Fsp3) is 0.571. The van der Waals surface area contributed by atoms with Crippen molar-refractivity contribution in [2.24, 2.45) is 5.92 Å². The van der Waals surface area contributed by atoms with Crippen molar-refractivity contribution in [3.05, 3.63) is 45.2 Å². The normalized spacial score (nSPS) is 26.2. The van der Waals surface area contributed by atoms with Crippen LogP contribution >= 0.6 is 0 Å². The van der Waals surface area contributed by atoms with E-state index in [1.165, 1.54) is 6.07 Å². The molecule has 1 heterocycles. The van der Waals surface area contributed by atoms with Gasteiger partial charge < -0.3 is 25.6 Å². The number of anilines is 1. The maximum Gasteiger partial charge on any atom is 0.293 e. The van der Waals surface area contributed by atoms with Gasteiger partial charge in [0.2, 0.25) is 0 Å². The van der Waals surface area contributed by atoms with Crippen LogP contribution in [0.5, 0.6) is 5.75 Å². The van der Waals surface area contributed by atoms with Crippen LogP contribution in [0.25, 0.3) is 0 Å². The van der Waals surface area contributed by atoms with Crippen molar-refractivity contribution >= 4 is 17.3 Å². The van der Waals surface area contributed by atoms with Crippen LogP contribution in [0.4, 0.5) is 11.4 Å². The number of carbonyl (C=O) groups excluding carboxylic acids is 1. The third-order valence-electron chi connectivity index (χ3n) is 5.94. The Morgan fingerprint density at radius 1 is 1.30 bits per heavy atom. The number of quaternary nitrogens is 1. The number of hydroxylamine groups is 3. The highest BCUT2D eigenvalue weighted by Crippen LogP contribution is 2.31. The number of nitrogen functional groups attached to an aromatic ring is 1. The Kier molecular flexibility index (Phi) is 6.94. The van der Waals surface area contributed by atoms with Gasteiger partial charge in [-0.2, -0.15) is 0 Å². The van der Waals surface area contributed by atoms with Crippen LogP contribution in [-0.4, -0.2) is 47.8 Å². The Labute approximate surface area is 176 Å². The molecule has 1 aromatic carbocycles. The summed E-state index contributed by atoms with van der Waals surface area (Å²) in [6, 6.07) is 2.33. The summed E-state index contributed by atoms with van der Waals surface area (Å²) in [6.45, 7) is 3.61. The van der Waals surface area contributed by atoms with Crippen LogP contribution in [0.15, 0.2) is 24.3 Å². The van der Waals surface area contributed by atoms with E-state index in [1.54, 1.807) is 6.92 Å². The van der Waals surface area contributed by atoms with Crippen molar-refractivity contribution in [2.75, 3.05) is 32.0 Å². The van der Waals surface area contributed by atoms with Crippen molar-refractivity contribution in [1.29, 1.82) is 0 Å². The average molecular weight is 418 g/mol. The lowest BCUT2D eigenvalue weighted by Crippen LogP contribution is -2.54. The van der Waals surface area contributed by atoms with E-state index >= 15 is 0 Å². The molecule has 9 nitrogen and oxygen atoms in total. The minimum absolute atomic E-state index is 0.0522. The second-order valence-electron chi connectivity index (χ2n) is 8.18. The Bertz CT molecular complexity index is 818. The Morgan fingerprint density at radius 2 is 2.03 bits per heavy atom. The lowest BCUT2D eigenvalue weighted by atomic mass is 9.92. The first-order valence-electron chi connectivity index (χ1n) is 10.5. The van der Waals surface area contributed by atoms with Gasteiger partial charge >= 0.3 is 0 Å². The van der Waals surface area contributed by atoms with Gasteiger partial charge in [-0.3, -0.25) is 14.9 Å². The molecule has 0 spiro atoms. The summed E-state index contributed by atoms with van der Waals surface area (Å²) in [6.07, 6.45) is 8.57. The fourth-order valence-corrected chi connectivity index (χ4v) is 4.32. The standard InChI is InChI=1S/C21H30N4O5/c1-2-30-20-13-18(22)19(24(27)28)12-17(20)21(26)23-16-8-10-25(29,11-9-16)14-15-6-4-3-5-7-15/h3-4,12-13,15-16H,2,5-11,14,22H2,1H3,(H,23,26). The second-order valence-corrected chi connectivity index (χ2v) is 8.18. The van der Waals surface area contributed by atoms with Crippen LogP contribution in [0.3, 0.4) is 0 Å². The number of nitro groups is 1. The molecule has 30 heavy (non-hydrogen) atoms. The molecule has 0 radical (unpaired) electrons. The van der Waals surface area contributed by atoms with Crippen LogP contribution in [0.2, 0.25) is 0 Å². The third-order valence-corrected chi connectivity index (χ3v) is 5.94. The van der Waals surface area contributed by atoms with Gasteiger partial charge in [0.15, 0.2) is 0 Å². The maximum absolute atomic E-state index is 13.1. The van der Waals surface area contributed by atoms with E-state index in [9.17, 15) is 20.1 Å². The summed E-state index contributed by atoms with van der Waals surface area (Å²) >= 11 is 0. The molecule has 1 aliphatic heterocycles. The first-order chi connectivity index (χ1) is 14.3. The molecule has 1 aromatic rings. The molecule has 1 unspecified atom stereocenters. The molecule has 1 fully saturated rings. The molecule has 164 valence electrons. The van der Waals surface area contributed by atoms with Crippen LogP contribution in [-0.2, 0) is 0 Å². The van der Waals surface area contributed by atoms with E-state index in [1.807, 2.05) is 0 Å². The number of piperidine rings is 1. The highest BCUT2D eigenvalue weighted by atomic mass is 16.6. The Balaban J connectivity index is 1.63. The summed E-state index contributed by atoms with van der Waals surface area (Å²) in [5, 5.41) is 27.2. The number of nitrogens with zero attached hydrogens (tertiary/aromatic N) is 2. The molecule has 1 atom stereocenters. The minimum atomic E-state index is -0.619. The van der Waals surface area contributed by atoms with Gasteiger partial charge in [0, 0.05) is 36.9 Å². The number of carbonyl (C=O) groups is 1. The maximum atomic E-state index is 13.1. The number of allylic oxidation sites excluding steroid dienone is 2. The molecule has 0 aromatic heterocycles. The van der Waals surface area contributed by atoms with E-state index in [0.29, 0.717) is 45.0 Å². The van der Waals surface area contributed by atoms with Crippen molar-refractivity contribution in [3.8, 4) is 5.75 Å². The van der Waals surface area contributed by atoms with Crippen molar-refractivity contribution < 1.29 is 19.1 Å². The van der Waals surface area contributed by atoms with E-state index < -0.39 is 10.8 Å². The monoisotopic (exact) mass is 418 g/mol. The van der Waals surface area contributed by atoms with E-state index in [0.717, 1.165) is 25.3 Å². The highest BCUT2D eigenvalue weighted by molar-refractivity contribution is 5.98. The van der Waals surface area contributed by atoms with Crippen molar-refractivity contribution in [2.45, 2.75) is 45.1 Å². The number of hydrogen-bond donors (Lipinski definition) is 2. The first kappa shape index (κ1) is 22.0. The zero-order chi connectivity index (χ0) is 21.7. The van der Waals surface area contributed by atoms with Gasteiger partial charge in [-0.25, -0.2) is 0 Å². The Hall–Kier alpha value is -2.65. The van der Waals surface area contributed by atoms with Crippen LogP contribution in [0, 0.1) is 21.2 Å².